The van der Waals surface area contributed by atoms with Gasteiger partial charge in [-0.05, 0) is 67.0 Å². The summed E-state index contributed by atoms with van der Waals surface area (Å²) in [6, 6.07) is 9.22. The first-order chi connectivity index (χ1) is 12.6. The molecule has 2 aromatic heterocycles. The van der Waals surface area contributed by atoms with Gasteiger partial charge in [0.25, 0.3) is 0 Å². The van der Waals surface area contributed by atoms with E-state index >= 15 is 0 Å². The van der Waals surface area contributed by atoms with Crippen LogP contribution in [0.3, 0.4) is 0 Å². The number of rotatable bonds is 4. The summed E-state index contributed by atoms with van der Waals surface area (Å²) in [5.41, 5.74) is 2.17. The fraction of sp³-hybridized carbons (Fsp3) is 0.368. The number of aromatic hydroxyl groups is 1. The molecule has 2 N–H and O–H groups in total. The van der Waals surface area contributed by atoms with Crippen molar-refractivity contribution in [3.05, 3.63) is 41.0 Å². The van der Waals surface area contributed by atoms with Crippen LogP contribution in [0.1, 0.15) is 12.8 Å². The maximum atomic E-state index is 10.2. The minimum atomic E-state index is 0.223. The fourth-order valence-electron chi connectivity index (χ4n) is 3.41. The fourth-order valence-corrected chi connectivity index (χ4v) is 3.75. The number of anilines is 1. The molecule has 0 aliphatic carbocycles. The molecule has 1 aromatic carbocycles. The Bertz CT molecular complexity index is 917. The van der Waals surface area contributed by atoms with E-state index in [1.54, 1.807) is 12.3 Å². The number of benzene rings is 1. The van der Waals surface area contributed by atoms with Crippen LogP contribution in [-0.4, -0.2) is 51.3 Å². The van der Waals surface area contributed by atoms with Crippen molar-refractivity contribution in [3.63, 3.8) is 0 Å². The van der Waals surface area contributed by atoms with E-state index in [1.165, 1.54) is 12.8 Å². The number of hydrogen-bond donors (Lipinski definition) is 2. The van der Waals surface area contributed by atoms with Crippen molar-refractivity contribution in [1.29, 1.82) is 0 Å². The Balaban J connectivity index is 1.66. The normalized spacial score (nSPS) is 16.2. The molecule has 0 bridgehead atoms. The zero-order chi connectivity index (χ0) is 18.1. The Hall–Kier alpha value is -2.12. The Morgan fingerprint density at radius 1 is 1.27 bits per heavy atom. The Labute approximate surface area is 161 Å². The molecule has 0 amide bonds. The van der Waals surface area contributed by atoms with Crippen LogP contribution < -0.4 is 5.32 Å². The first kappa shape index (κ1) is 17.3. The maximum Gasteiger partial charge on any atom is 0.172 e. The lowest BCUT2D eigenvalue weighted by molar-refractivity contribution is 0.226. The zero-order valence-electron chi connectivity index (χ0n) is 14.7. The van der Waals surface area contributed by atoms with Crippen molar-refractivity contribution in [2.24, 2.45) is 5.92 Å². The van der Waals surface area contributed by atoms with Gasteiger partial charge in [-0.3, -0.25) is 0 Å². The van der Waals surface area contributed by atoms with Gasteiger partial charge >= 0.3 is 0 Å². The van der Waals surface area contributed by atoms with Gasteiger partial charge in [0.15, 0.2) is 5.65 Å². The van der Waals surface area contributed by atoms with Gasteiger partial charge in [0.2, 0.25) is 0 Å². The molecule has 1 fully saturated rings. The number of hydrogen-bond acceptors (Lipinski definition) is 5. The third-order valence-corrected chi connectivity index (χ3v) is 5.58. The van der Waals surface area contributed by atoms with Crippen LogP contribution in [0.25, 0.3) is 16.9 Å². The molecule has 0 unspecified atom stereocenters. The van der Waals surface area contributed by atoms with Crippen LogP contribution >= 0.6 is 15.9 Å². The monoisotopic (exact) mass is 415 g/mol. The van der Waals surface area contributed by atoms with Gasteiger partial charge in [-0.25, -0.2) is 4.98 Å². The van der Waals surface area contributed by atoms with Gasteiger partial charge in [0.05, 0.1) is 16.4 Å². The summed E-state index contributed by atoms with van der Waals surface area (Å²) >= 11 is 3.52. The highest BCUT2D eigenvalue weighted by Crippen LogP contribution is 2.31. The number of nitrogens with one attached hydrogen (secondary N) is 1. The Kier molecular flexibility index (Phi) is 4.82. The number of fused-ring (bicyclic) bond motifs is 1. The van der Waals surface area contributed by atoms with E-state index in [4.69, 9.17) is 0 Å². The number of likely N-dealkylation sites (tertiary alicyclic amines) is 1. The molecule has 3 heterocycles. The van der Waals surface area contributed by atoms with E-state index < -0.39 is 0 Å². The molecule has 0 atom stereocenters. The van der Waals surface area contributed by atoms with Gasteiger partial charge in [-0.1, -0.05) is 12.1 Å². The van der Waals surface area contributed by atoms with E-state index in [0.717, 1.165) is 41.3 Å². The van der Waals surface area contributed by atoms with Gasteiger partial charge in [-0.2, -0.15) is 9.61 Å². The van der Waals surface area contributed by atoms with Crippen molar-refractivity contribution in [1.82, 2.24) is 19.5 Å². The number of aromatic nitrogens is 3. The summed E-state index contributed by atoms with van der Waals surface area (Å²) in [5, 5.41) is 18.2. The largest absolute Gasteiger partial charge is 0.507 e. The molecular formula is C19H22BrN5O. The van der Waals surface area contributed by atoms with Crippen LogP contribution in [0.4, 0.5) is 5.82 Å². The highest BCUT2D eigenvalue weighted by atomic mass is 79.9. The SMILES string of the molecule is CN1CCC(CNc2cc(-c3ccccc3O)nc3c(Br)cnn23)CC1. The lowest BCUT2D eigenvalue weighted by Gasteiger charge is -2.29. The number of para-hydroxylation sites is 1. The molecule has 26 heavy (non-hydrogen) atoms. The lowest BCUT2D eigenvalue weighted by Crippen LogP contribution is -2.33. The molecule has 0 spiro atoms. The molecular weight excluding hydrogens is 394 g/mol. The number of nitrogens with zero attached hydrogens (tertiary/aromatic N) is 4. The Morgan fingerprint density at radius 3 is 2.81 bits per heavy atom. The second-order valence-electron chi connectivity index (χ2n) is 6.90. The van der Waals surface area contributed by atoms with Crippen LogP contribution in [0.2, 0.25) is 0 Å². The summed E-state index contributed by atoms with van der Waals surface area (Å²) in [5.74, 6) is 1.76. The third-order valence-electron chi connectivity index (χ3n) is 5.02. The van der Waals surface area contributed by atoms with Gasteiger partial charge in [0, 0.05) is 18.2 Å². The highest BCUT2D eigenvalue weighted by molar-refractivity contribution is 9.10. The van der Waals surface area contributed by atoms with Crippen LogP contribution in [0, 0.1) is 5.92 Å². The van der Waals surface area contributed by atoms with Crippen molar-refractivity contribution in [2.75, 3.05) is 32.0 Å². The molecule has 136 valence electrons. The standard InChI is InChI=1S/C19H22BrN5O/c1-24-8-6-13(7-9-24)11-21-18-10-16(14-4-2-3-5-17(14)26)23-19-15(20)12-22-25(18)19/h2-5,10,12-13,21,26H,6-9,11H2,1H3. The molecule has 6 nitrogen and oxygen atoms in total. The third kappa shape index (κ3) is 3.41. The smallest absolute Gasteiger partial charge is 0.172 e. The molecule has 1 aliphatic heterocycles. The van der Waals surface area contributed by atoms with E-state index in [1.807, 2.05) is 28.8 Å². The predicted octanol–water partition coefficient (Wildman–Crippen LogP) is 3.62. The number of piperidine rings is 1. The summed E-state index contributed by atoms with van der Waals surface area (Å²) < 4.78 is 2.64. The number of phenols is 1. The summed E-state index contributed by atoms with van der Waals surface area (Å²) in [6.07, 6.45) is 4.15. The average molecular weight is 416 g/mol. The second-order valence-corrected chi connectivity index (χ2v) is 7.75. The van der Waals surface area contributed by atoms with Gasteiger partial charge < -0.3 is 15.3 Å². The van der Waals surface area contributed by atoms with E-state index in [0.29, 0.717) is 11.5 Å². The van der Waals surface area contributed by atoms with Crippen molar-refractivity contribution in [3.8, 4) is 17.0 Å². The van der Waals surface area contributed by atoms with Crippen molar-refractivity contribution >= 4 is 27.4 Å². The zero-order valence-corrected chi connectivity index (χ0v) is 16.3. The van der Waals surface area contributed by atoms with Gasteiger partial charge in [0.1, 0.15) is 11.6 Å². The molecule has 7 heteroatoms. The number of phenolic OH excluding ortho intramolecular Hbond substituents is 1. The van der Waals surface area contributed by atoms with Crippen molar-refractivity contribution in [2.45, 2.75) is 12.8 Å². The quantitative estimate of drug-likeness (QED) is 0.680. The minimum Gasteiger partial charge on any atom is -0.507 e. The minimum absolute atomic E-state index is 0.223. The topological polar surface area (TPSA) is 65.7 Å². The second kappa shape index (κ2) is 7.25. The van der Waals surface area contributed by atoms with E-state index in [9.17, 15) is 5.11 Å². The van der Waals surface area contributed by atoms with Crippen LogP contribution in [-0.2, 0) is 0 Å². The highest BCUT2D eigenvalue weighted by Gasteiger charge is 2.18. The van der Waals surface area contributed by atoms with Crippen LogP contribution in [0.5, 0.6) is 5.75 Å². The molecule has 3 aromatic rings. The van der Waals surface area contributed by atoms with E-state index in [-0.39, 0.29) is 5.75 Å². The molecule has 1 aliphatic rings. The molecule has 0 radical (unpaired) electrons. The van der Waals surface area contributed by atoms with E-state index in [2.05, 4.69) is 43.3 Å². The molecule has 1 saturated heterocycles. The lowest BCUT2D eigenvalue weighted by atomic mass is 9.97. The predicted molar refractivity (Wildman–Crippen MR) is 106 cm³/mol. The first-order valence-corrected chi connectivity index (χ1v) is 9.66. The first-order valence-electron chi connectivity index (χ1n) is 8.87. The summed E-state index contributed by atoms with van der Waals surface area (Å²) in [7, 11) is 2.18. The molecule has 0 saturated carbocycles. The number of halogens is 1. The average Bonchev–Trinajstić information content (AvgIpc) is 3.02. The summed E-state index contributed by atoms with van der Waals surface area (Å²) in [6.45, 7) is 3.20. The maximum absolute atomic E-state index is 10.2. The van der Waals surface area contributed by atoms with Crippen molar-refractivity contribution < 1.29 is 5.11 Å². The molecule has 4 rings (SSSR count). The Morgan fingerprint density at radius 2 is 2.04 bits per heavy atom. The van der Waals surface area contributed by atoms with Gasteiger partial charge in [-0.15, -0.1) is 0 Å². The summed E-state index contributed by atoms with van der Waals surface area (Å²) in [4.78, 5) is 7.06. The van der Waals surface area contributed by atoms with Crippen LogP contribution in [0.15, 0.2) is 41.0 Å².